The highest BCUT2D eigenvalue weighted by atomic mass is 35.5. The number of anilines is 5. The van der Waals surface area contributed by atoms with E-state index in [2.05, 4.69) is 31.9 Å². The van der Waals surface area contributed by atoms with Crippen LogP contribution in [0.2, 0.25) is 5.02 Å². The fraction of sp³-hybridized carbons (Fsp3) is 0.0400. The molecular formula is C25H21ClFN5O3S. The van der Waals surface area contributed by atoms with Gasteiger partial charge in [-0.05, 0) is 54.1 Å². The van der Waals surface area contributed by atoms with Crippen molar-refractivity contribution in [1.82, 2.24) is 9.97 Å². The zero-order valence-corrected chi connectivity index (χ0v) is 20.4. The van der Waals surface area contributed by atoms with E-state index in [0.717, 1.165) is 5.41 Å². The van der Waals surface area contributed by atoms with E-state index >= 15 is 0 Å². The maximum Gasteiger partial charge on any atom is 0.254 e. The average molecular weight is 526 g/mol. The molecule has 0 saturated heterocycles. The fourth-order valence-electron chi connectivity index (χ4n) is 3.14. The number of nitrogens with zero attached hydrogens (tertiary/aromatic N) is 2. The van der Waals surface area contributed by atoms with Crippen LogP contribution in [-0.2, 0) is 16.6 Å². The Morgan fingerprint density at radius 3 is 2.31 bits per heavy atom. The average Bonchev–Trinajstić information content (AvgIpc) is 2.84. The smallest absolute Gasteiger partial charge is 0.254 e. The zero-order chi connectivity index (χ0) is 25.5. The van der Waals surface area contributed by atoms with Gasteiger partial charge >= 0.3 is 0 Å². The van der Waals surface area contributed by atoms with Gasteiger partial charge in [0.15, 0.2) is 0 Å². The van der Waals surface area contributed by atoms with E-state index in [1.54, 1.807) is 60.7 Å². The van der Waals surface area contributed by atoms with Gasteiger partial charge in [-0.2, -0.15) is 0 Å². The van der Waals surface area contributed by atoms with E-state index < -0.39 is 10.0 Å². The first kappa shape index (κ1) is 25.0. The Morgan fingerprint density at radius 1 is 0.917 bits per heavy atom. The van der Waals surface area contributed by atoms with Crippen LogP contribution >= 0.6 is 11.6 Å². The minimum absolute atomic E-state index is 0.182. The van der Waals surface area contributed by atoms with Crippen molar-refractivity contribution in [3.63, 3.8) is 0 Å². The number of hydrogen-bond acceptors (Lipinski definition) is 7. The molecular weight excluding hydrogens is 505 g/mol. The van der Waals surface area contributed by atoms with Crippen molar-refractivity contribution in [3.05, 3.63) is 108 Å². The van der Waals surface area contributed by atoms with Gasteiger partial charge in [0.1, 0.15) is 36.1 Å². The first-order valence-electron chi connectivity index (χ1n) is 10.6. The van der Waals surface area contributed by atoms with Crippen molar-refractivity contribution in [1.29, 1.82) is 0 Å². The van der Waals surface area contributed by atoms with Gasteiger partial charge in [0.2, 0.25) is 0 Å². The summed E-state index contributed by atoms with van der Waals surface area (Å²) in [6.45, 7) is 3.46. The molecule has 0 saturated carbocycles. The highest BCUT2D eigenvalue weighted by Gasteiger charge is 2.08. The van der Waals surface area contributed by atoms with Crippen molar-refractivity contribution in [2.75, 3.05) is 15.4 Å². The summed E-state index contributed by atoms with van der Waals surface area (Å²) in [4.78, 5) is 8.41. The number of sulfonamides is 1. The molecule has 3 aromatic carbocycles. The largest absolute Gasteiger partial charge is 0.487 e. The molecule has 0 amide bonds. The van der Waals surface area contributed by atoms with Gasteiger partial charge in [-0.1, -0.05) is 36.4 Å². The summed E-state index contributed by atoms with van der Waals surface area (Å²) in [6.07, 6.45) is 1.38. The number of rotatable bonds is 10. The maximum absolute atomic E-state index is 13.3. The summed E-state index contributed by atoms with van der Waals surface area (Å²) in [6, 6.07) is 19.7. The van der Waals surface area contributed by atoms with Crippen LogP contribution in [0.1, 0.15) is 5.56 Å². The molecule has 0 aliphatic rings. The quantitative estimate of drug-likeness (QED) is 0.226. The second-order valence-corrected chi connectivity index (χ2v) is 9.53. The number of nitrogens with one attached hydrogen (secondary N) is 3. The molecule has 0 atom stereocenters. The SMILES string of the molecule is C=CS(=O)(=O)Nc1cccc(Nc2cc(Nc3ccc(OCc4cccc(F)c4)c(Cl)c3)ncn2)c1. The molecule has 4 rings (SSSR count). The Morgan fingerprint density at radius 2 is 1.61 bits per heavy atom. The predicted octanol–water partition coefficient (Wildman–Crippen LogP) is 6.22. The van der Waals surface area contributed by atoms with Crippen molar-refractivity contribution < 1.29 is 17.5 Å². The molecule has 1 aromatic heterocycles. The maximum atomic E-state index is 13.3. The van der Waals surface area contributed by atoms with Crippen molar-refractivity contribution >= 4 is 50.3 Å². The molecule has 8 nitrogen and oxygen atoms in total. The highest BCUT2D eigenvalue weighted by molar-refractivity contribution is 7.95. The van der Waals surface area contributed by atoms with Crippen molar-refractivity contribution in [2.45, 2.75) is 6.61 Å². The van der Waals surface area contributed by atoms with Crippen LogP contribution in [0.15, 0.2) is 91.1 Å². The van der Waals surface area contributed by atoms with Gasteiger partial charge < -0.3 is 15.4 Å². The lowest BCUT2D eigenvalue weighted by atomic mass is 10.2. The minimum Gasteiger partial charge on any atom is -0.487 e. The third-order valence-electron chi connectivity index (χ3n) is 4.77. The number of ether oxygens (including phenoxy) is 1. The molecule has 0 fully saturated rings. The van der Waals surface area contributed by atoms with Gasteiger partial charge in [-0.3, -0.25) is 4.72 Å². The van der Waals surface area contributed by atoms with E-state index in [0.29, 0.717) is 45.0 Å². The van der Waals surface area contributed by atoms with Gasteiger partial charge in [0.25, 0.3) is 10.0 Å². The van der Waals surface area contributed by atoms with E-state index in [1.165, 1.54) is 18.5 Å². The molecule has 0 aliphatic carbocycles. The Labute approximate surface area is 212 Å². The predicted molar refractivity (Wildman–Crippen MR) is 140 cm³/mol. The first-order valence-corrected chi connectivity index (χ1v) is 12.5. The molecule has 0 spiro atoms. The first-order chi connectivity index (χ1) is 17.3. The number of aromatic nitrogens is 2. The summed E-state index contributed by atoms with van der Waals surface area (Å²) in [7, 11) is -3.61. The lowest BCUT2D eigenvalue weighted by molar-refractivity contribution is 0.306. The minimum atomic E-state index is -3.61. The normalized spacial score (nSPS) is 10.9. The van der Waals surface area contributed by atoms with Crippen LogP contribution in [0.25, 0.3) is 0 Å². The molecule has 0 bridgehead atoms. The number of halogens is 2. The lowest BCUT2D eigenvalue weighted by Crippen LogP contribution is -2.08. The molecule has 0 unspecified atom stereocenters. The van der Waals surface area contributed by atoms with E-state index in [1.807, 2.05) is 0 Å². The summed E-state index contributed by atoms with van der Waals surface area (Å²) in [5.41, 5.74) is 2.36. The van der Waals surface area contributed by atoms with Gasteiger partial charge in [0.05, 0.1) is 10.7 Å². The summed E-state index contributed by atoms with van der Waals surface area (Å²) in [5, 5.41) is 7.47. The Hall–Kier alpha value is -4.15. The van der Waals surface area contributed by atoms with Gasteiger partial charge in [-0.25, -0.2) is 22.8 Å². The Balaban J connectivity index is 1.41. The second kappa shape index (κ2) is 11.1. The van der Waals surface area contributed by atoms with E-state index in [4.69, 9.17) is 16.3 Å². The third-order valence-corrected chi connectivity index (χ3v) is 6.02. The highest BCUT2D eigenvalue weighted by Crippen LogP contribution is 2.30. The van der Waals surface area contributed by atoms with Crippen LogP contribution in [0, 0.1) is 5.82 Å². The van der Waals surface area contributed by atoms with Crippen LogP contribution in [0.3, 0.4) is 0 Å². The molecule has 0 radical (unpaired) electrons. The zero-order valence-electron chi connectivity index (χ0n) is 18.8. The standard InChI is InChI=1S/C25H21ClFN5O3S/c1-2-36(33,34)32-21-8-4-7-19(12-21)30-24-14-25(29-16-28-24)31-20-9-10-23(22(26)13-20)35-15-17-5-3-6-18(27)11-17/h2-14,16,32H,1,15H2,(H2,28,29,30,31). The molecule has 0 aliphatic heterocycles. The fourth-order valence-corrected chi connectivity index (χ4v) is 3.91. The molecule has 1 heterocycles. The van der Waals surface area contributed by atoms with E-state index in [9.17, 15) is 12.8 Å². The monoisotopic (exact) mass is 525 g/mol. The van der Waals surface area contributed by atoms with Crippen LogP contribution in [0.4, 0.5) is 33.1 Å². The van der Waals surface area contributed by atoms with Crippen molar-refractivity contribution in [2.24, 2.45) is 0 Å². The van der Waals surface area contributed by atoms with Crippen LogP contribution < -0.4 is 20.1 Å². The Bertz CT molecular complexity index is 1500. The summed E-state index contributed by atoms with van der Waals surface area (Å²) < 4.78 is 44.9. The molecule has 3 N–H and O–H groups in total. The molecule has 184 valence electrons. The number of benzene rings is 3. The van der Waals surface area contributed by atoms with Gasteiger partial charge in [0, 0.05) is 22.8 Å². The summed E-state index contributed by atoms with van der Waals surface area (Å²) >= 11 is 6.36. The molecule has 36 heavy (non-hydrogen) atoms. The molecule has 11 heteroatoms. The van der Waals surface area contributed by atoms with E-state index in [-0.39, 0.29) is 12.4 Å². The van der Waals surface area contributed by atoms with Crippen molar-refractivity contribution in [3.8, 4) is 5.75 Å². The third kappa shape index (κ3) is 6.94. The summed E-state index contributed by atoms with van der Waals surface area (Å²) in [5.74, 6) is 1.12. The van der Waals surface area contributed by atoms with Gasteiger partial charge in [-0.15, -0.1) is 0 Å². The second-order valence-electron chi connectivity index (χ2n) is 7.50. The molecule has 4 aromatic rings. The lowest BCUT2D eigenvalue weighted by Gasteiger charge is -2.12. The van der Waals surface area contributed by atoms with Crippen LogP contribution in [-0.4, -0.2) is 18.4 Å². The number of hydrogen-bond donors (Lipinski definition) is 3. The van der Waals surface area contributed by atoms with Crippen LogP contribution in [0.5, 0.6) is 5.75 Å². The topological polar surface area (TPSA) is 105 Å². The Kier molecular flexibility index (Phi) is 7.67.